The third-order valence-corrected chi connectivity index (χ3v) is 5.34. The number of benzene rings is 1. The first-order chi connectivity index (χ1) is 14.3. The number of hydrogen-bond donors (Lipinski definition) is 0. The van der Waals surface area contributed by atoms with Crippen LogP contribution in [0.4, 0.5) is 14.6 Å². The van der Waals surface area contributed by atoms with Gasteiger partial charge in [0.2, 0.25) is 5.89 Å². The fourth-order valence-electron chi connectivity index (χ4n) is 3.62. The lowest BCUT2D eigenvalue weighted by Gasteiger charge is -2.40. The highest BCUT2D eigenvalue weighted by molar-refractivity contribution is 5.96. The Morgan fingerprint density at radius 1 is 1.40 bits per heavy atom. The van der Waals surface area contributed by atoms with E-state index in [2.05, 4.69) is 26.8 Å². The van der Waals surface area contributed by atoms with Gasteiger partial charge in [-0.25, -0.2) is 18.8 Å². The quantitative estimate of drug-likeness (QED) is 0.578. The second-order valence-electron chi connectivity index (χ2n) is 7.47. The van der Waals surface area contributed by atoms with Gasteiger partial charge in [0.1, 0.15) is 18.0 Å². The Kier molecular flexibility index (Phi) is 4.92. The molecule has 2 heterocycles. The average molecular weight is 414 g/mol. The van der Waals surface area contributed by atoms with E-state index in [9.17, 15) is 9.18 Å². The predicted molar refractivity (Wildman–Crippen MR) is 104 cm³/mol. The fourth-order valence-corrected chi connectivity index (χ4v) is 3.62. The van der Waals surface area contributed by atoms with E-state index in [1.807, 2.05) is 0 Å². The molecule has 0 atom stereocenters. The minimum atomic E-state index is -1.53. The fraction of sp³-hybridized carbons (Fsp3) is 0.350. The number of amides is 1. The van der Waals surface area contributed by atoms with E-state index in [1.165, 1.54) is 35.5 Å². The molecule has 8 nitrogen and oxygen atoms in total. The molecule has 30 heavy (non-hydrogen) atoms. The van der Waals surface area contributed by atoms with Crippen molar-refractivity contribution in [3.05, 3.63) is 59.4 Å². The monoisotopic (exact) mass is 414 g/mol. The third-order valence-electron chi connectivity index (χ3n) is 5.34. The molecule has 0 N–H and O–H groups in total. The van der Waals surface area contributed by atoms with Gasteiger partial charge < -0.3 is 14.0 Å². The molecule has 156 valence electrons. The van der Waals surface area contributed by atoms with Crippen molar-refractivity contribution in [1.82, 2.24) is 24.6 Å². The SMILES string of the molecule is C=Nc1ncn(C)c1C(=O)N(C)Cc1nc([C@H]2C[C@](F)(c3ccc(F)cc3)C2)no1. The zero-order valence-corrected chi connectivity index (χ0v) is 16.5. The molecule has 1 aliphatic carbocycles. The van der Waals surface area contributed by atoms with Gasteiger partial charge in [-0.2, -0.15) is 4.98 Å². The summed E-state index contributed by atoms with van der Waals surface area (Å²) >= 11 is 0. The maximum atomic E-state index is 15.0. The van der Waals surface area contributed by atoms with Crippen LogP contribution in [0.3, 0.4) is 0 Å². The maximum absolute atomic E-state index is 15.0. The zero-order chi connectivity index (χ0) is 21.5. The van der Waals surface area contributed by atoms with Crippen molar-refractivity contribution in [2.45, 2.75) is 31.0 Å². The van der Waals surface area contributed by atoms with Crippen molar-refractivity contribution in [3.63, 3.8) is 0 Å². The van der Waals surface area contributed by atoms with Crippen LogP contribution in [0.5, 0.6) is 0 Å². The number of aliphatic imine (C=N–C) groups is 1. The van der Waals surface area contributed by atoms with Crippen LogP contribution in [0.1, 0.15) is 46.5 Å². The van der Waals surface area contributed by atoms with Crippen LogP contribution >= 0.6 is 0 Å². The van der Waals surface area contributed by atoms with Gasteiger partial charge in [-0.3, -0.25) is 4.79 Å². The summed E-state index contributed by atoms with van der Waals surface area (Å²) in [6, 6.07) is 5.41. The number of nitrogens with zero attached hydrogens (tertiary/aromatic N) is 6. The van der Waals surface area contributed by atoms with Crippen LogP contribution in [-0.4, -0.2) is 44.3 Å². The molecule has 0 bridgehead atoms. The predicted octanol–water partition coefficient (Wildman–Crippen LogP) is 3.29. The van der Waals surface area contributed by atoms with Crippen molar-refractivity contribution in [2.75, 3.05) is 7.05 Å². The standard InChI is InChI=1S/C20H20F2N6O2/c1-23-18-16(28(3)11-24-18)19(29)27(2)10-15-25-17(26-30-15)12-8-20(22,9-12)13-4-6-14(21)7-5-13/h4-7,11-12H,1,8-10H2,2-3H3/t12-,20+. The Morgan fingerprint density at radius 3 is 2.77 bits per heavy atom. The van der Waals surface area contributed by atoms with Gasteiger partial charge in [0.25, 0.3) is 5.91 Å². The van der Waals surface area contributed by atoms with Crippen molar-refractivity contribution < 1.29 is 18.1 Å². The largest absolute Gasteiger partial charge is 0.337 e. The number of hydrogen-bond acceptors (Lipinski definition) is 6. The molecule has 10 heteroatoms. The van der Waals surface area contributed by atoms with Crippen molar-refractivity contribution in [3.8, 4) is 0 Å². The van der Waals surface area contributed by atoms with E-state index in [-0.39, 0.29) is 42.9 Å². The molecular formula is C20H20F2N6O2. The van der Waals surface area contributed by atoms with Crippen molar-refractivity contribution >= 4 is 18.4 Å². The number of imidazole rings is 1. The minimum Gasteiger partial charge on any atom is -0.337 e. The summed E-state index contributed by atoms with van der Waals surface area (Å²) in [4.78, 5) is 26.2. The molecule has 3 aromatic rings. The van der Waals surface area contributed by atoms with Crippen LogP contribution < -0.4 is 0 Å². The Labute approximate surface area is 171 Å². The summed E-state index contributed by atoms with van der Waals surface area (Å²) < 4.78 is 34.9. The number of carbonyl (C=O) groups excluding carboxylic acids is 1. The van der Waals surface area contributed by atoms with Crippen LogP contribution in [0, 0.1) is 5.82 Å². The summed E-state index contributed by atoms with van der Waals surface area (Å²) in [6.07, 6.45) is 1.86. The highest BCUT2D eigenvalue weighted by Gasteiger charge is 2.48. The topological polar surface area (TPSA) is 89.4 Å². The van der Waals surface area contributed by atoms with Crippen LogP contribution in [-0.2, 0) is 19.3 Å². The first-order valence-corrected chi connectivity index (χ1v) is 9.31. The maximum Gasteiger partial charge on any atom is 0.274 e. The molecular weight excluding hydrogens is 394 g/mol. The van der Waals surface area contributed by atoms with Crippen LogP contribution in [0.25, 0.3) is 0 Å². The molecule has 2 aromatic heterocycles. The number of halogens is 2. The van der Waals surface area contributed by atoms with Crippen molar-refractivity contribution in [2.24, 2.45) is 12.0 Å². The molecule has 0 saturated heterocycles. The second-order valence-corrected chi connectivity index (χ2v) is 7.47. The van der Waals surface area contributed by atoms with E-state index >= 15 is 4.39 Å². The highest BCUT2D eigenvalue weighted by Crippen LogP contribution is 2.53. The summed E-state index contributed by atoms with van der Waals surface area (Å²) in [5, 5.41) is 3.94. The van der Waals surface area contributed by atoms with Crippen LogP contribution in [0.2, 0.25) is 0 Å². The molecule has 0 aliphatic heterocycles. The zero-order valence-electron chi connectivity index (χ0n) is 16.5. The first-order valence-electron chi connectivity index (χ1n) is 9.31. The van der Waals surface area contributed by atoms with Gasteiger partial charge in [0, 0.05) is 20.0 Å². The minimum absolute atomic E-state index is 0.0824. The molecule has 1 fully saturated rings. The molecule has 1 aromatic carbocycles. The molecule has 0 spiro atoms. The van der Waals surface area contributed by atoms with Gasteiger partial charge in [0.15, 0.2) is 17.3 Å². The van der Waals surface area contributed by atoms with Crippen molar-refractivity contribution in [1.29, 1.82) is 0 Å². The average Bonchev–Trinajstić information content (AvgIpc) is 3.31. The van der Waals surface area contributed by atoms with Gasteiger partial charge >= 0.3 is 0 Å². The molecule has 1 saturated carbocycles. The van der Waals surface area contributed by atoms with Crippen LogP contribution in [0.15, 0.2) is 40.1 Å². The Morgan fingerprint density at radius 2 is 2.10 bits per heavy atom. The molecule has 4 rings (SSSR count). The van der Waals surface area contributed by atoms with Gasteiger partial charge in [-0.05, 0) is 37.3 Å². The highest BCUT2D eigenvalue weighted by atomic mass is 19.1. The number of alkyl halides is 1. The van der Waals surface area contributed by atoms with Gasteiger partial charge in [0.05, 0.1) is 6.33 Å². The van der Waals surface area contributed by atoms with Gasteiger partial charge in [-0.15, -0.1) is 0 Å². The first kappa shape index (κ1) is 19.9. The van der Waals surface area contributed by atoms with Gasteiger partial charge in [-0.1, -0.05) is 17.3 Å². The van der Waals surface area contributed by atoms with E-state index in [0.717, 1.165) is 0 Å². The lowest BCUT2D eigenvalue weighted by Crippen LogP contribution is -2.36. The third kappa shape index (κ3) is 3.49. The Balaban J connectivity index is 1.40. The Hall–Kier alpha value is -3.43. The number of aryl methyl sites for hydroxylation is 1. The lowest BCUT2D eigenvalue weighted by atomic mass is 9.68. The summed E-state index contributed by atoms with van der Waals surface area (Å²) in [5.74, 6) is -0.0338. The summed E-state index contributed by atoms with van der Waals surface area (Å²) in [6.45, 7) is 3.50. The number of carbonyl (C=O) groups is 1. The Bertz CT molecular complexity index is 1090. The normalized spacial score (nSPS) is 20.6. The molecule has 1 aliphatic rings. The lowest BCUT2D eigenvalue weighted by molar-refractivity contribution is 0.0335. The number of rotatable bonds is 6. The van der Waals surface area contributed by atoms with E-state index < -0.39 is 11.5 Å². The summed E-state index contributed by atoms with van der Waals surface area (Å²) in [7, 11) is 3.28. The number of aromatic nitrogens is 4. The second kappa shape index (κ2) is 7.43. The molecule has 1 amide bonds. The van der Waals surface area contributed by atoms with E-state index in [4.69, 9.17) is 4.52 Å². The van der Waals surface area contributed by atoms with E-state index in [0.29, 0.717) is 17.1 Å². The smallest absolute Gasteiger partial charge is 0.274 e. The molecule has 0 unspecified atom stereocenters. The molecule has 0 radical (unpaired) electrons. The summed E-state index contributed by atoms with van der Waals surface area (Å²) in [5.41, 5.74) is -0.788. The van der Waals surface area contributed by atoms with E-state index in [1.54, 1.807) is 18.7 Å².